The van der Waals surface area contributed by atoms with Crippen LogP contribution in [0, 0.1) is 22.7 Å². The molecule has 0 heterocycles. The molecule has 0 amide bonds. The monoisotopic (exact) mass is 382 g/mol. The average Bonchev–Trinajstić information content (AvgIpc) is 2.85. The summed E-state index contributed by atoms with van der Waals surface area (Å²) in [4.78, 5) is 23.5. The number of rotatable bonds is 1. The van der Waals surface area contributed by atoms with Gasteiger partial charge in [0.25, 0.3) is 0 Å². The molecule has 4 aliphatic carbocycles. The SMILES string of the molecule is CC12C[C@H](O)[C@@]3(F)C(C[C@H](F)C4=CC(=O)C=CC43C)C1CC[C@]2(O)C(=O)O. The molecule has 8 atom stereocenters. The molecular weight excluding hydrogens is 358 g/mol. The second kappa shape index (κ2) is 5.26. The summed E-state index contributed by atoms with van der Waals surface area (Å²) >= 11 is 0. The maximum Gasteiger partial charge on any atom is 0.336 e. The van der Waals surface area contributed by atoms with Crippen LogP contribution in [-0.2, 0) is 9.59 Å². The van der Waals surface area contributed by atoms with Crippen molar-refractivity contribution in [3.05, 3.63) is 23.8 Å². The quantitative estimate of drug-likeness (QED) is 0.646. The molecule has 27 heavy (non-hydrogen) atoms. The number of carbonyl (C=O) groups excluding carboxylic acids is 1. The molecule has 0 aromatic rings. The predicted octanol–water partition coefficient (Wildman–Crippen LogP) is 2.12. The van der Waals surface area contributed by atoms with E-state index in [2.05, 4.69) is 0 Å². The zero-order valence-electron chi connectivity index (χ0n) is 15.3. The maximum absolute atomic E-state index is 16.6. The fourth-order valence-corrected chi connectivity index (χ4v) is 6.56. The number of alkyl halides is 2. The Morgan fingerprint density at radius 3 is 2.59 bits per heavy atom. The minimum Gasteiger partial charge on any atom is -0.479 e. The number of allylic oxidation sites excluding steroid dienone is 4. The normalized spacial score (nSPS) is 54.0. The first-order chi connectivity index (χ1) is 12.4. The van der Waals surface area contributed by atoms with Crippen molar-refractivity contribution in [2.45, 2.75) is 63.1 Å². The molecule has 148 valence electrons. The van der Waals surface area contributed by atoms with Crippen molar-refractivity contribution < 1.29 is 33.7 Å². The van der Waals surface area contributed by atoms with E-state index in [-0.39, 0.29) is 31.3 Å². The van der Waals surface area contributed by atoms with E-state index in [9.17, 15) is 24.9 Å². The van der Waals surface area contributed by atoms with E-state index in [0.29, 0.717) is 0 Å². The third kappa shape index (κ3) is 1.94. The van der Waals surface area contributed by atoms with Gasteiger partial charge in [-0.05, 0) is 56.3 Å². The number of halogens is 2. The van der Waals surface area contributed by atoms with Crippen molar-refractivity contribution in [3.8, 4) is 0 Å². The number of hydrogen-bond acceptors (Lipinski definition) is 4. The second-order valence-electron chi connectivity index (χ2n) is 9.06. The Kier molecular flexibility index (Phi) is 3.65. The molecule has 7 heteroatoms. The summed E-state index contributed by atoms with van der Waals surface area (Å²) in [5.74, 6) is -3.36. The lowest BCUT2D eigenvalue weighted by Crippen LogP contribution is -2.70. The number of carboxylic acid groups (broad SMARTS) is 1. The molecule has 3 N–H and O–H groups in total. The number of aliphatic hydroxyl groups excluding tert-OH is 1. The number of hydrogen-bond donors (Lipinski definition) is 3. The molecule has 0 aromatic carbocycles. The Bertz CT molecular complexity index is 793. The standard InChI is InChI=1S/C20H24F2O5/c1-17-5-3-10(23)7-13(17)14(21)8-12-11-4-6-19(27,16(25)26)18(11,2)9-15(24)20(12,17)22/h3,5,7,11-12,14-15,24,27H,4,6,8-9H2,1-2H3,(H,25,26)/t11?,12?,14-,15-,17?,18?,19-,20-/m0/s1. The van der Waals surface area contributed by atoms with Crippen molar-refractivity contribution in [3.63, 3.8) is 0 Å². The number of aliphatic hydroxyl groups is 2. The van der Waals surface area contributed by atoms with Crippen LogP contribution in [0.25, 0.3) is 0 Å². The van der Waals surface area contributed by atoms with E-state index in [1.54, 1.807) is 6.92 Å². The van der Waals surface area contributed by atoms with E-state index in [1.807, 2.05) is 0 Å². The number of ketones is 1. The van der Waals surface area contributed by atoms with Gasteiger partial charge in [-0.15, -0.1) is 0 Å². The molecule has 5 nitrogen and oxygen atoms in total. The molecule has 0 bridgehead atoms. The van der Waals surface area contributed by atoms with Crippen molar-refractivity contribution in [2.24, 2.45) is 22.7 Å². The summed E-state index contributed by atoms with van der Waals surface area (Å²) in [6.07, 6.45) is 0.195. The molecule has 4 aliphatic rings. The molecule has 0 aromatic heterocycles. The molecule has 3 saturated carbocycles. The molecule has 0 aliphatic heterocycles. The van der Waals surface area contributed by atoms with Crippen LogP contribution in [0.5, 0.6) is 0 Å². The Morgan fingerprint density at radius 2 is 1.96 bits per heavy atom. The number of fused-ring (bicyclic) bond motifs is 5. The Hall–Kier alpha value is -1.60. The van der Waals surface area contributed by atoms with Gasteiger partial charge in [0.1, 0.15) is 6.17 Å². The number of carboxylic acids is 1. The topological polar surface area (TPSA) is 94.8 Å². The summed E-state index contributed by atoms with van der Waals surface area (Å²) < 4.78 is 31.7. The van der Waals surface area contributed by atoms with E-state index >= 15 is 8.78 Å². The minimum absolute atomic E-state index is 0.0305. The Labute approximate surface area is 155 Å². The van der Waals surface area contributed by atoms with Crippen molar-refractivity contribution in [1.29, 1.82) is 0 Å². The van der Waals surface area contributed by atoms with Crippen LogP contribution in [0.3, 0.4) is 0 Å². The number of aliphatic carboxylic acids is 1. The van der Waals surface area contributed by atoms with Gasteiger partial charge in [-0.1, -0.05) is 13.0 Å². The lowest BCUT2D eigenvalue weighted by atomic mass is 9.44. The molecular formula is C20H24F2O5. The lowest BCUT2D eigenvalue weighted by molar-refractivity contribution is -0.226. The highest BCUT2D eigenvalue weighted by atomic mass is 19.1. The van der Waals surface area contributed by atoms with Gasteiger partial charge in [0.05, 0.1) is 6.10 Å². The van der Waals surface area contributed by atoms with Crippen LogP contribution < -0.4 is 0 Å². The smallest absolute Gasteiger partial charge is 0.336 e. The first-order valence-corrected chi connectivity index (χ1v) is 9.34. The summed E-state index contributed by atoms with van der Waals surface area (Å²) in [5.41, 5.74) is -7.05. The van der Waals surface area contributed by atoms with Crippen molar-refractivity contribution in [2.75, 3.05) is 0 Å². The van der Waals surface area contributed by atoms with E-state index in [4.69, 9.17) is 0 Å². The van der Waals surface area contributed by atoms with Crippen LogP contribution in [0.4, 0.5) is 8.78 Å². The lowest BCUT2D eigenvalue weighted by Gasteiger charge is -2.62. The van der Waals surface area contributed by atoms with Gasteiger partial charge in [0.2, 0.25) is 0 Å². The van der Waals surface area contributed by atoms with Crippen LogP contribution in [-0.4, -0.2) is 50.6 Å². The van der Waals surface area contributed by atoms with E-state index in [0.717, 1.165) is 6.08 Å². The van der Waals surface area contributed by atoms with Crippen molar-refractivity contribution in [1.82, 2.24) is 0 Å². The first kappa shape index (κ1) is 18.7. The Morgan fingerprint density at radius 1 is 1.30 bits per heavy atom. The summed E-state index contributed by atoms with van der Waals surface area (Å²) in [7, 11) is 0. The van der Waals surface area contributed by atoms with Crippen LogP contribution in [0.1, 0.15) is 39.5 Å². The molecule has 4 rings (SSSR count). The summed E-state index contributed by atoms with van der Waals surface area (Å²) in [5, 5.41) is 31.3. The fraction of sp³-hybridized carbons (Fsp3) is 0.700. The van der Waals surface area contributed by atoms with Crippen LogP contribution >= 0.6 is 0 Å². The second-order valence-corrected chi connectivity index (χ2v) is 9.06. The van der Waals surface area contributed by atoms with Gasteiger partial charge in [-0.2, -0.15) is 0 Å². The zero-order valence-corrected chi connectivity index (χ0v) is 15.3. The van der Waals surface area contributed by atoms with Gasteiger partial charge >= 0.3 is 5.97 Å². The zero-order chi connectivity index (χ0) is 20.0. The van der Waals surface area contributed by atoms with E-state index < -0.39 is 58.0 Å². The first-order valence-electron chi connectivity index (χ1n) is 9.34. The van der Waals surface area contributed by atoms with Gasteiger partial charge in [-0.3, -0.25) is 4.79 Å². The highest BCUT2D eigenvalue weighted by Gasteiger charge is 2.75. The Balaban J connectivity index is 1.86. The predicted molar refractivity (Wildman–Crippen MR) is 91.2 cm³/mol. The maximum atomic E-state index is 16.6. The molecule has 3 fully saturated rings. The fourth-order valence-electron chi connectivity index (χ4n) is 6.56. The summed E-state index contributed by atoms with van der Waals surface area (Å²) in [6, 6.07) is 0. The average molecular weight is 382 g/mol. The molecule has 0 spiro atoms. The van der Waals surface area contributed by atoms with Gasteiger partial charge < -0.3 is 15.3 Å². The molecule has 0 radical (unpaired) electrons. The molecule has 0 saturated heterocycles. The minimum atomic E-state index is -2.24. The largest absolute Gasteiger partial charge is 0.479 e. The summed E-state index contributed by atoms with van der Waals surface area (Å²) in [6.45, 7) is 3.05. The third-order valence-corrected chi connectivity index (χ3v) is 8.13. The van der Waals surface area contributed by atoms with Gasteiger partial charge in [0, 0.05) is 16.7 Å². The van der Waals surface area contributed by atoms with Gasteiger partial charge in [0.15, 0.2) is 17.1 Å². The van der Waals surface area contributed by atoms with Crippen molar-refractivity contribution >= 4 is 11.8 Å². The van der Waals surface area contributed by atoms with Crippen LogP contribution in [0.2, 0.25) is 0 Å². The third-order valence-electron chi connectivity index (χ3n) is 8.13. The number of carbonyl (C=O) groups is 2. The van der Waals surface area contributed by atoms with Crippen LogP contribution in [0.15, 0.2) is 23.8 Å². The molecule has 4 unspecified atom stereocenters. The van der Waals surface area contributed by atoms with Gasteiger partial charge in [-0.25, -0.2) is 13.6 Å². The van der Waals surface area contributed by atoms with E-state index in [1.165, 1.54) is 19.1 Å². The highest BCUT2D eigenvalue weighted by Crippen LogP contribution is 2.69. The highest BCUT2D eigenvalue weighted by molar-refractivity contribution is 6.01.